The van der Waals surface area contributed by atoms with Crippen molar-refractivity contribution in [3.8, 4) is 5.75 Å². The van der Waals surface area contributed by atoms with Gasteiger partial charge in [0, 0.05) is 6.54 Å². The van der Waals surface area contributed by atoms with E-state index in [0.717, 1.165) is 0 Å². The van der Waals surface area contributed by atoms with Crippen LogP contribution in [-0.4, -0.2) is 26.4 Å². The molecule has 0 radical (unpaired) electrons. The summed E-state index contributed by atoms with van der Waals surface area (Å²) < 4.78 is 21.1. The zero-order valence-corrected chi connectivity index (χ0v) is 13.4. The van der Waals surface area contributed by atoms with E-state index < -0.39 is 17.8 Å². The quantitative estimate of drug-likeness (QED) is 0.591. The van der Waals surface area contributed by atoms with Gasteiger partial charge in [0.2, 0.25) is 5.91 Å². The van der Waals surface area contributed by atoms with Gasteiger partial charge in [-0.2, -0.15) is 0 Å². The number of thioether (sulfide) groups is 1. The van der Waals surface area contributed by atoms with E-state index in [2.05, 4.69) is 16.8 Å². The summed E-state index contributed by atoms with van der Waals surface area (Å²) in [6.07, 6.45) is 1.15. The molecule has 1 heterocycles. The van der Waals surface area contributed by atoms with Gasteiger partial charge in [0.1, 0.15) is 0 Å². The molecule has 2 aromatic rings. The highest BCUT2D eigenvalue weighted by Gasteiger charge is 2.20. The maximum absolute atomic E-state index is 13.7. The van der Waals surface area contributed by atoms with Crippen LogP contribution in [-0.2, 0) is 11.3 Å². The number of hydrogen-bond acceptors (Lipinski definition) is 5. The summed E-state index contributed by atoms with van der Waals surface area (Å²) in [5, 5.41) is 8.65. The van der Waals surface area contributed by atoms with Crippen molar-refractivity contribution in [1.29, 1.82) is 0 Å². The Morgan fingerprint density at radius 2 is 2.26 bits per heavy atom. The number of nitrogens with zero attached hydrogens (tertiary/aromatic N) is 3. The summed E-state index contributed by atoms with van der Waals surface area (Å²) in [4.78, 5) is 10.9. The number of halogens is 1. The van der Waals surface area contributed by atoms with Crippen molar-refractivity contribution in [2.75, 3.05) is 5.75 Å². The van der Waals surface area contributed by atoms with E-state index >= 15 is 0 Å². The number of ether oxygens (including phenoxy) is 1. The van der Waals surface area contributed by atoms with E-state index in [0.29, 0.717) is 17.5 Å². The maximum atomic E-state index is 13.7. The molecule has 0 aliphatic heterocycles. The van der Waals surface area contributed by atoms with Crippen molar-refractivity contribution in [3.05, 3.63) is 48.6 Å². The largest absolute Gasteiger partial charge is 0.480 e. The molecular formula is C15H17FN4O2S. The van der Waals surface area contributed by atoms with Gasteiger partial charge in [-0.15, -0.1) is 16.8 Å². The third kappa shape index (κ3) is 4.32. The Labute approximate surface area is 137 Å². The van der Waals surface area contributed by atoms with Crippen LogP contribution < -0.4 is 10.5 Å². The number of allylic oxidation sites excluding steroid dienone is 1. The first kappa shape index (κ1) is 17.0. The first-order valence-corrected chi connectivity index (χ1v) is 7.87. The second-order valence-electron chi connectivity index (χ2n) is 4.69. The Morgan fingerprint density at radius 3 is 2.91 bits per heavy atom. The molecule has 0 bridgehead atoms. The van der Waals surface area contributed by atoms with Crippen LogP contribution >= 0.6 is 11.8 Å². The lowest BCUT2D eigenvalue weighted by Gasteiger charge is -2.16. The first-order valence-electron chi connectivity index (χ1n) is 6.89. The summed E-state index contributed by atoms with van der Waals surface area (Å²) in [7, 11) is 0. The highest BCUT2D eigenvalue weighted by Crippen LogP contribution is 2.26. The van der Waals surface area contributed by atoms with E-state index in [-0.39, 0.29) is 11.5 Å². The number of benzene rings is 1. The molecule has 0 fully saturated rings. The van der Waals surface area contributed by atoms with E-state index in [1.165, 1.54) is 17.8 Å². The van der Waals surface area contributed by atoms with E-state index in [1.54, 1.807) is 35.8 Å². The fourth-order valence-corrected chi connectivity index (χ4v) is 2.62. The van der Waals surface area contributed by atoms with Crippen molar-refractivity contribution in [2.24, 2.45) is 5.73 Å². The summed E-state index contributed by atoms with van der Waals surface area (Å²) in [6, 6.07) is 6.15. The molecule has 0 aliphatic rings. The molecule has 1 unspecified atom stereocenters. The molecule has 1 atom stereocenters. The van der Waals surface area contributed by atoms with Gasteiger partial charge in [-0.3, -0.25) is 9.36 Å². The van der Waals surface area contributed by atoms with Crippen molar-refractivity contribution in [2.45, 2.75) is 24.7 Å². The normalized spacial score (nSPS) is 11.9. The third-order valence-corrected chi connectivity index (χ3v) is 3.89. The first-order chi connectivity index (χ1) is 11.0. The smallest absolute Gasteiger partial charge is 0.227 e. The van der Waals surface area contributed by atoms with Crippen LogP contribution in [0.4, 0.5) is 4.39 Å². The van der Waals surface area contributed by atoms with Crippen molar-refractivity contribution >= 4 is 17.7 Å². The lowest BCUT2D eigenvalue weighted by Crippen LogP contribution is -2.15. The van der Waals surface area contributed by atoms with Crippen LogP contribution in [0.5, 0.6) is 5.75 Å². The fraction of sp³-hybridized carbons (Fsp3) is 0.267. The van der Waals surface area contributed by atoms with Gasteiger partial charge in [-0.05, 0) is 19.1 Å². The molecule has 23 heavy (non-hydrogen) atoms. The molecule has 0 aliphatic carbocycles. The van der Waals surface area contributed by atoms with Crippen molar-refractivity contribution < 1.29 is 13.9 Å². The van der Waals surface area contributed by atoms with Gasteiger partial charge in [-0.25, -0.2) is 4.39 Å². The molecular weight excluding hydrogens is 319 g/mol. The number of carbonyl (C=O) groups excluding carboxylic acids is 1. The minimum Gasteiger partial charge on any atom is -0.480 e. The summed E-state index contributed by atoms with van der Waals surface area (Å²) in [5.74, 6) is -0.143. The van der Waals surface area contributed by atoms with Gasteiger partial charge in [0.05, 0.1) is 5.75 Å². The van der Waals surface area contributed by atoms with E-state index in [4.69, 9.17) is 10.5 Å². The average molecular weight is 336 g/mol. The van der Waals surface area contributed by atoms with Crippen LogP contribution in [0, 0.1) is 5.82 Å². The fourth-order valence-electron chi connectivity index (χ4n) is 1.93. The molecule has 1 aromatic heterocycles. The molecule has 0 saturated carbocycles. The molecule has 0 saturated heterocycles. The van der Waals surface area contributed by atoms with Crippen LogP contribution in [0.15, 0.2) is 42.1 Å². The summed E-state index contributed by atoms with van der Waals surface area (Å²) in [5.41, 5.74) is 5.15. The summed E-state index contributed by atoms with van der Waals surface area (Å²) in [6.45, 7) is 5.88. The van der Waals surface area contributed by atoms with Crippen LogP contribution in [0.1, 0.15) is 18.9 Å². The lowest BCUT2D eigenvalue weighted by atomic mass is 10.3. The topological polar surface area (TPSA) is 83.0 Å². The van der Waals surface area contributed by atoms with Crippen LogP contribution in [0.2, 0.25) is 0 Å². The van der Waals surface area contributed by atoms with Gasteiger partial charge >= 0.3 is 0 Å². The average Bonchev–Trinajstić information content (AvgIpc) is 2.91. The Bertz CT molecular complexity index is 705. The molecule has 0 spiro atoms. The Kier molecular flexibility index (Phi) is 5.75. The second-order valence-corrected chi connectivity index (χ2v) is 5.63. The number of para-hydroxylation sites is 1. The number of aromatic nitrogens is 3. The molecule has 122 valence electrons. The van der Waals surface area contributed by atoms with Crippen LogP contribution in [0.25, 0.3) is 0 Å². The second kappa shape index (κ2) is 7.77. The Balaban J connectivity index is 2.22. The Morgan fingerprint density at radius 1 is 1.52 bits per heavy atom. The van der Waals surface area contributed by atoms with Gasteiger partial charge in [-0.1, -0.05) is 30.0 Å². The van der Waals surface area contributed by atoms with Crippen LogP contribution in [0.3, 0.4) is 0 Å². The zero-order chi connectivity index (χ0) is 16.8. The molecule has 2 rings (SSSR count). The molecule has 1 amide bonds. The van der Waals surface area contributed by atoms with Crippen molar-refractivity contribution in [1.82, 2.24) is 14.8 Å². The summed E-state index contributed by atoms with van der Waals surface area (Å²) >= 11 is 1.18. The predicted octanol–water partition coefficient (Wildman–Crippen LogP) is 2.32. The predicted molar refractivity (Wildman–Crippen MR) is 85.6 cm³/mol. The number of nitrogens with two attached hydrogens (primary N) is 1. The van der Waals surface area contributed by atoms with Gasteiger partial charge in [0.25, 0.3) is 0 Å². The van der Waals surface area contributed by atoms with Gasteiger partial charge < -0.3 is 10.5 Å². The highest BCUT2D eigenvalue weighted by atomic mass is 32.2. The monoisotopic (exact) mass is 336 g/mol. The molecule has 8 heteroatoms. The number of carbonyl (C=O) groups is 1. The number of amides is 1. The van der Waals surface area contributed by atoms with E-state index in [1.807, 2.05) is 0 Å². The Hall–Kier alpha value is -2.35. The number of primary amides is 1. The minimum atomic E-state index is -0.526. The third-order valence-electron chi connectivity index (χ3n) is 2.90. The van der Waals surface area contributed by atoms with Gasteiger partial charge in [0.15, 0.2) is 28.7 Å². The minimum absolute atomic E-state index is 0.0951. The van der Waals surface area contributed by atoms with Crippen molar-refractivity contribution in [3.63, 3.8) is 0 Å². The highest BCUT2D eigenvalue weighted by molar-refractivity contribution is 7.99. The standard InChI is InChI=1S/C15H17FN4O2S/c1-3-8-20-14(18-19-15(20)23-9-13(17)21)10(2)22-12-7-5-4-6-11(12)16/h3-7,10H,1,8-9H2,2H3,(H2,17,21). The number of rotatable bonds is 8. The maximum Gasteiger partial charge on any atom is 0.227 e. The van der Waals surface area contributed by atoms with E-state index in [9.17, 15) is 9.18 Å². The number of hydrogen-bond donors (Lipinski definition) is 1. The zero-order valence-electron chi connectivity index (χ0n) is 12.6. The SMILES string of the molecule is C=CCn1c(SCC(N)=O)nnc1C(C)Oc1ccccc1F. The molecule has 2 N–H and O–H groups in total. The molecule has 6 nitrogen and oxygen atoms in total. The molecule has 1 aromatic carbocycles. The lowest BCUT2D eigenvalue weighted by molar-refractivity contribution is -0.115.